The molecule has 1 fully saturated rings. The number of nitrogens with one attached hydrogen (secondary N) is 1. The Morgan fingerprint density at radius 3 is 2.55 bits per heavy atom. The quantitative estimate of drug-likeness (QED) is 0.837. The molecular formula is C16H25FN2O. The molecule has 20 heavy (non-hydrogen) atoms. The van der Waals surface area contributed by atoms with Crippen LogP contribution in [0.2, 0.25) is 0 Å². The number of halogens is 1. The normalized spacial score (nSPS) is 20.4. The molecular weight excluding hydrogens is 255 g/mol. The SMILES string of the molecule is CCNC(c1cncc(F)c1)C1(OC)CCCCCC1. The number of rotatable bonds is 5. The summed E-state index contributed by atoms with van der Waals surface area (Å²) in [4.78, 5) is 4.00. The summed E-state index contributed by atoms with van der Waals surface area (Å²) >= 11 is 0. The van der Waals surface area contributed by atoms with Crippen molar-refractivity contribution in [3.8, 4) is 0 Å². The van der Waals surface area contributed by atoms with Crippen molar-refractivity contribution in [1.29, 1.82) is 0 Å². The molecule has 1 aliphatic rings. The highest BCUT2D eigenvalue weighted by Crippen LogP contribution is 2.40. The van der Waals surface area contributed by atoms with Gasteiger partial charge in [0.1, 0.15) is 5.82 Å². The van der Waals surface area contributed by atoms with Gasteiger partial charge in [-0.2, -0.15) is 0 Å². The molecule has 1 aromatic rings. The highest BCUT2D eigenvalue weighted by molar-refractivity contribution is 5.20. The standard InChI is InChI=1S/C16H25FN2O/c1-3-19-15(13-10-14(17)12-18-11-13)16(20-2)8-6-4-5-7-9-16/h10-12,15,19H,3-9H2,1-2H3. The van der Waals surface area contributed by atoms with Crippen molar-refractivity contribution < 1.29 is 9.13 Å². The summed E-state index contributed by atoms with van der Waals surface area (Å²) < 4.78 is 19.5. The van der Waals surface area contributed by atoms with Gasteiger partial charge < -0.3 is 10.1 Å². The zero-order valence-corrected chi connectivity index (χ0v) is 12.5. The van der Waals surface area contributed by atoms with E-state index in [1.54, 1.807) is 19.4 Å². The lowest BCUT2D eigenvalue weighted by Crippen LogP contribution is -2.45. The van der Waals surface area contributed by atoms with Gasteiger partial charge in [0.05, 0.1) is 17.8 Å². The van der Waals surface area contributed by atoms with Gasteiger partial charge in [0.2, 0.25) is 0 Å². The van der Waals surface area contributed by atoms with Gasteiger partial charge in [-0.3, -0.25) is 4.98 Å². The maximum Gasteiger partial charge on any atom is 0.141 e. The van der Waals surface area contributed by atoms with Gasteiger partial charge in [0, 0.05) is 13.3 Å². The van der Waals surface area contributed by atoms with E-state index in [-0.39, 0.29) is 17.5 Å². The van der Waals surface area contributed by atoms with Crippen molar-refractivity contribution >= 4 is 0 Å². The summed E-state index contributed by atoms with van der Waals surface area (Å²) in [5.41, 5.74) is 0.637. The molecule has 0 radical (unpaired) electrons. The minimum Gasteiger partial charge on any atom is -0.376 e. The van der Waals surface area contributed by atoms with Crippen LogP contribution in [0.1, 0.15) is 57.1 Å². The van der Waals surface area contributed by atoms with E-state index in [0.717, 1.165) is 24.9 Å². The fraction of sp³-hybridized carbons (Fsp3) is 0.688. The Morgan fingerprint density at radius 1 is 1.30 bits per heavy atom. The number of hydrogen-bond acceptors (Lipinski definition) is 3. The molecule has 0 aromatic carbocycles. The fourth-order valence-electron chi connectivity index (χ4n) is 3.34. The largest absolute Gasteiger partial charge is 0.376 e. The molecule has 3 nitrogen and oxygen atoms in total. The first-order valence-electron chi connectivity index (χ1n) is 7.61. The molecule has 1 saturated carbocycles. The molecule has 1 aliphatic carbocycles. The molecule has 1 aromatic heterocycles. The number of methoxy groups -OCH3 is 1. The zero-order valence-electron chi connectivity index (χ0n) is 12.5. The Morgan fingerprint density at radius 2 is 2.00 bits per heavy atom. The van der Waals surface area contributed by atoms with Gasteiger partial charge in [0.15, 0.2) is 0 Å². The molecule has 1 unspecified atom stereocenters. The molecule has 0 saturated heterocycles. The van der Waals surface area contributed by atoms with Crippen LogP contribution in [0, 0.1) is 5.82 Å². The number of aromatic nitrogens is 1. The van der Waals surface area contributed by atoms with Crippen LogP contribution < -0.4 is 5.32 Å². The number of pyridine rings is 1. The van der Waals surface area contributed by atoms with Crippen LogP contribution in [0.4, 0.5) is 4.39 Å². The second-order valence-electron chi connectivity index (χ2n) is 5.61. The van der Waals surface area contributed by atoms with E-state index >= 15 is 0 Å². The molecule has 1 atom stereocenters. The molecule has 0 bridgehead atoms. The number of nitrogens with zero attached hydrogens (tertiary/aromatic N) is 1. The average molecular weight is 280 g/mol. The van der Waals surface area contributed by atoms with E-state index in [4.69, 9.17) is 4.74 Å². The first-order chi connectivity index (χ1) is 9.72. The summed E-state index contributed by atoms with van der Waals surface area (Å²) in [6.45, 7) is 2.89. The van der Waals surface area contributed by atoms with Gasteiger partial charge in [-0.15, -0.1) is 0 Å². The summed E-state index contributed by atoms with van der Waals surface area (Å²) in [6.07, 6.45) is 9.87. The third kappa shape index (κ3) is 3.36. The second kappa shape index (κ2) is 7.14. The van der Waals surface area contributed by atoms with Crippen LogP contribution in [0.15, 0.2) is 18.5 Å². The van der Waals surface area contributed by atoms with E-state index < -0.39 is 0 Å². The van der Waals surface area contributed by atoms with E-state index in [0.29, 0.717) is 0 Å². The topological polar surface area (TPSA) is 34.2 Å². The second-order valence-corrected chi connectivity index (χ2v) is 5.61. The molecule has 0 spiro atoms. The zero-order chi connectivity index (χ0) is 14.4. The Bertz CT molecular complexity index is 417. The van der Waals surface area contributed by atoms with Crippen LogP contribution in [0.5, 0.6) is 0 Å². The van der Waals surface area contributed by atoms with Gasteiger partial charge in [-0.25, -0.2) is 4.39 Å². The number of ether oxygens (including phenoxy) is 1. The van der Waals surface area contributed by atoms with Gasteiger partial charge in [-0.1, -0.05) is 32.6 Å². The van der Waals surface area contributed by atoms with Gasteiger partial charge in [0.25, 0.3) is 0 Å². The first-order valence-corrected chi connectivity index (χ1v) is 7.61. The summed E-state index contributed by atoms with van der Waals surface area (Å²) in [6, 6.07) is 1.57. The van der Waals surface area contributed by atoms with E-state index in [9.17, 15) is 4.39 Å². The van der Waals surface area contributed by atoms with Crippen LogP contribution >= 0.6 is 0 Å². The van der Waals surface area contributed by atoms with Crippen LogP contribution in [-0.4, -0.2) is 24.2 Å². The molecule has 2 rings (SSSR count). The lowest BCUT2D eigenvalue weighted by molar-refractivity contribution is -0.0538. The van der Waals surface area contributed by atoms with Crippen LogP contribution in [-0.2, 0) is 4.74 Å². The molecule has 112 valence electrons. The summed E-state index contributed by atoms with van der Waals surface area (Å²) in [7, 11) is 1.78. The first kappa shape index (κ1) is 15.4. The minimum absolute atomic E-state index is 0.00111. The summed E-state index contributed by atoms with van der Waals surface area (Å²) in [5, 5.41) is 3.48. The molecule has 0 amide bonds. The van der Waals surface area contributed by atoms with Gasteiger partial charge in [-0.05, 0) is 31.0 Å². The predicted molar refractivity (Wildman–Crippen MR) is 78.1 cm³/mol. The third-order valence-electron chi connectivity index (χ3n) is 4.35. The fourth-order valence-corrected chi connectivity index (χ4v) is 3.34. The third-order valence-corrected chi connectivity index (χ3v) is 4.35. The van der Waals surface area contributed by atoms with Crippen LogP contribution in [0.3, 0.4) is 0 Å². The van der Waals surface area contributed by atoms with E-state index in [1.165, 1.54) is 31.9 Å². The highest BCUT2D eigenvalue weighted by atomic mass is 19.1. The lowest BCUT2D eigenvalue weighted by atomic mass is 9.82. The predicted octanol–water partition coefficient (Wildman–Crippen LogP) is 3.61. The van der Waals surface area contributed by atoms with Gasteiger partial charge >= 0.3 is 0 Å². The minimum atomic E-state index is -0.287. The van der Waals surface area contributed by atoms with E-state index in [1.807, 2.05) is 0 Å². The smallest absolute Gasteiger partial charge is 0.141 e. The monoisotopic (exact) mass is 280 g/mol. The maximum atomic E-state index is 13.5. The van der Waals surface area contributed by atoms with Crippen molar-refractivity contribution in [3.63, 3.8) is 0 Å². The van der Waals surface area contributed by atoms with Crippen LogP contribution in [0.25, 0.3) is 0 Å². The Balaban J connectivity index is 2.33. The van der Waals surface area contributed by atoms with Crippen molar-refractivity contribution in [2.75, 3.05) is 13.7 Å². The Kier molecular flexibility index (Phi) is 5.49. The van der Waals surface area contributed by atoms with Crippen molar-refractivity contribution in [2.24, 2.45) is 0 Å². The molecule has 1 heterocycles. The molecule has 4 heteroatoms. The van der Waals surface area contributed by atoms with E-state index in [2.05, 4.69) is 17.2 Å². The number of hydrogen-bond donors (Lipinski definition) is 1. The molecule has 0 aliphatic heterocycles. The Labute approximate surface area is 120 Å². The highest BCUT2D eigenvalue weighted by Gasteiger charge is 2.39. The Hall–Kier alpha value is -1.00. The van der Waals surface area contributed by atoms with Crippen molar-refractivity contribution in [1.82, 2.24) is 10.3 Å². The molecule has 1 N–H and O–H groups in total. The van der Waals surface area contributed by atoms with Crippen molar-refractivity contribution in [2.45, 2.75) is 57.1 Å². The van der Waals surface area contributed by atoms with Crippen molar-refractivity contribution in [3.05, 3.63) is 29.8 Å². The maximum absolute atomic E-state index is 13.5. The number of likely N-dealkylation sites (N-methyl/N-ethyl adjacent to an activating group) is 1. The lowest BCUT2D eigenvalue weighted by Gasteiger charge is -2.40. The average Bonchev–Trinajstić information content (AvgIpc) is 2.71. The summed E-state index contributed by atoms with van der Waals surface area (Å²) in [5.74, 6) is -0.287.